The van der Waals surface area contributed by atoms with Gasteiger partial charge in [-0.15, -0.1) is 45.3 Å². The second-order valence-electron chi connectivity index (χ2n) is 25.5. The summed E-state index contributed by atoms with van der Waals surface area (Å²) in [5, 5.41) is 10.1. The maximum atomic E-state index is 5.44. The molecule has 20 aromatic rings. The van der Waals surface area contributed by atoms with Gasteiger partial charge in [0.25, 0.3) is 0 Å². The number of aromatic nitrogens is 4. The van der Waals surface area contributed by atoms with Crippen molar-refractivity contribution in [2.24, 2.45) is 0 Å². The van der Waals surface area contributed by atoms with Crippen molar-refractivity contribution in [1.29, 1.82) is 0 Å². The van der Waals surface area contributed by atoms with Crippen molar-refractivity contribution in [3.05, 3.63) is 328 Å². The van der Waals surface area contributed by atoms with E-state index in [0.29, 0.717) is 11.6 Å². The van der Waals surface area contributed by atoms with Crippen LogP contribution in [0.5, 0.6) is 0 Å². The Morgan fingerprint density at radius 3 is 1.07 bits per heavy atom. The molecular weight excluding hydrogens is 1290 g/mol. The minimum absolute atomic E-state index is 0.671. The van der Waals surface area contributed by atoms with Crippen LogP contribution in [0.15, 0.2) is 328 Å². The molecule has 0 spiro atoms. The predicted octanol–water partition coefficient (Wildman–Crippen LogP) is 27.1. The molecule has 0 atom stereocenters. The molecule has 6 heterocycles. The number of hydrogen-bond acceptors (Lipinski definition) is 8. The molecule has 6 aromatic heterocycles. The molecule has 4 nitrogen and oxygen atoms in total. The molecule has 0 unspecified atom stereocenters. The Bertz CT molecular complexity index is 6590. The molecule has 0 aliphatic heterocycles. The monoisotopic (exact) mass is 1340 g/mol. The summed E-state index contributed by atoms with van der Waals surface area (Å²) in [5.41, 5.74) is 21.0. The zero-order valence-electron chi connectivity index (χ0n) is 53.6. The van der Waals surface area contributed by atoms with E-state index in [4.69, 9.17) is 19.9 Å². The first kappa shape index (κ1) is 58.3. The normalized spacial score (nSPS) is 11.8. The maximum Gasteiger partial charge on any atom is 0.160 e. The molecule has 0 bridgehead atoms. The molecule has 14 aromatic carbocycles. The average Bonchev–Trinajstić information content (AvgIpc) is 1.50. The van der Waals surface area contributed by atoms with Gasteiger partial charge in [0.2, 0.25) is 0 Å². The van der Waals surface area contributed by atoms with E-state index in [9.17, 15) is 0 Å². The first-order valence-corrected chi connectivity index (χ1v) is 36.8. The number of nitrogens with zero attached hydrogens (tertiary/aromatic N) is 4. The fraction of sp³-hybridized carbons (Fsp3) is 0. The molecule has 0 fully saturated rings. The van der Waals surface area contributed by atoms with Crippen molar-refractivity contribution in [3.63, 3.8) is 0 Å². The van der Waals surface area contributed by atoms with Gasteiger partial charge in [-0.2, -0.15) is 0 Å². The molecule has 100 heavy (non-hydrogen) atoms. The second-order valence-corrected chi connectivity index (χ2v) is 29.8. The summed E-state index contributed by atoms with van der Waals surface area (Å²) < 4.78 is 10.2. The van der Waals surface area contributed by atoms with Gasteiger partial charge in [-0.05, 0) is 129 Å². The Labute approximate surface area is 592 Å². The molecule has 8 heteroatoms. The van der Waals surface area contributed by atoms with Crippen molar-refractivity contribution < 1.29 is 0 Å². The Kier molecular flexibility index (Phi) is 14.0. The summed E-state index contributed by atoms with van der Waals surface area (Å²) in [6.07, 6.45) is 0. The van der Waals surface area contributed by atoms with E-state index in [-0.39, 0.29) is 0 Å². The van der Waals surface area contributed by atoms with Crippen molar-refractivity contribution in [1.82, 2.24) is 19.9 Å². The van der Waals surface area contributed by atoms with Gasteiger partial charge >= 0.3 is 0 Å². The van der Waals surface area contributed by atoms with Crippen LogP contribution in [0, 0.1) is 0 Å². The summed E-state index contributed by atoms with van der Waals surface area (Å²) in [6, 6.07) is 119. The van der Waals surface area contributed by atoms with Gasteiger partial charge in [0.15, 0.2) is 11.6 Å². The van der Waals surface area contributed by atoms with Crippen LogP contribution in [0.25, 0.3) is 204 Å². The van der Waals surface area contributed by atoms with Gasteiger partial charge in [0.05, 0.1) is 22.8 Å². The Hall–Kier alpha value is -11.9. The number of benzene rings is 14. The number of rotatable bonds is 11. The molecule has 0 saturated carbocycles. The van der Waals surface area contributed by atoms with Gasteiger partial charge in [0.1, 0.15) is 0 Å². The summed E-state index contributed by atoms with van der Waals surface area (Å²) in [6.45, 7) is 0. The summed E-state index contributed by atoms with van der Waals surface area (Å²) in [7, 11) is 0. The number of hydrogen-bond donors (Lipinski definition) is 0. The van der Waals surface area contributed by atoms with Gasteiger partial charge in [-0.1, -0.05) is 243 Å². The number of fused-ring (bicyclic) bond motifs is 12. The summed E-state index contributed by atoms with van der Waals surface area (Å²) in [4.78, 5) is 21.4. The first-order valence-electron chi connectivity index (χ1n) is 33.5. The summed E-state index contributed by atoms with van der Waals surface area (Å²) in [5.74, 6) is 1.36. The van der Waals surface area contributed by atoms with E-state index >= 15 is 0 Å². The van der Waals surface area contributed by atoms with E-state index in [0.717, 1.165) is 89.5 Å². The zero-order chi connectivity index (χ0) is 65.8. The van der Waals surface area contributed by atoms with Crippen LogP contribution in [0.2, 0.25) is 0 Å². The van der Waals surface area contributed by atoms with Crippen LogP contribution in [0.3, 0.4) is 0 Å². The molecule has 0 amide bonds. The lowest BCUT2D eigenvalue weighted by Gasteiger charge is -2.17. The Morgan fingerprint density at radius 1 is 0.160 bits per heavy atom. The molecule has 0 aliphatic rings. The molecular formula is C92H54N4S4. The molecule has 0 saturated heterocycles. The smallest absolute Gasteiger partial charge is 0.160 e. The third kappa shape index (κ3) is 10.1. The molecule has 0 aliphatic carbocycles. The van der Waals surface area contributed by atoms with Crippen LogP contribution in [0.4, 0.5) is 0 Å². The minimum atomic E-state index is 0.671. The van der Waals surface area contributed by atoms with E-state index in [1.54, 1.807) is 0 Å². The van der Waals surface area contributed by atoms with E-state index in [1.165, 1.54) is 103 Å². The largest absolute Gasteiger partial charge is 0.228 e. The first-order chi connectivity index (χ1) is 49.5. The number of thiophene rings is 4. The third-order valence-corrected chi connectivity index (χ3v) is 24.3. The van der Waals surface area contributed by atoms with Gasteiger partial charge in [-0.3, -0.25) is 0 Å². The van der Waals surface area contributed by atoms with E-state index in [2.05, 4.69) is 315 Å². The van der Waals surface area contributed by atoms with Crippen LogP contribution >= 0.6 is 45.3 Å². The fourth-order valence-electron chi connectivity index (χ4n) is 14.7. The Morgan fingerprint density at radius 2 is 0.520 bits per heavy atom. The lowest BCUT2D eigenvalue weighted by Crippen LogP contribution is -1.97. The second kappa shape index (κ2) is 24.0. The van der Waals surface area contributed by atoms with Crippen LogP contribution in [-0.4, -0.2) is 19.9 Å². The van der Waals surface area contributed by atoms with Crippen molar-refractivity contribution in [3.8, 4) is 123 Å². The SMILES string of the molecule is c1ccc(-c2cc(-c3ccc(-c4cc(-c5ccc(-c6cc(-c7ccc(-c8ccc9sc%10ccccc%10c9c8)c(-c8ccc9sc%10ccccc%10c9c8)c7)nc(-c7ccccc7)n6)cc5)cc5c4sc4ccccc45)c(-c4cccc5c4sc4ccccc45)c3)nc(-c3ccccc3)n2)cc1. The van der Waals surface area contributed by atoms with Crippen molar-refractivity contribution >= 4 is 126 Å². The molecule has 0 N–H and O–H groups in total. The van der Waals surface area contributed by atoms with Gasteiger partial charge in [0, 0.05) is 125 Å². The summed E-state index contributed by atoms with van der Waals surface area (Å²) >= 11 is 7.43. The third-order valence-electron chi connectivity index (χ3n) is 19.6. The average molecular weight is 1340 g/mol. The van der Waals surface area contributed by atoms with E-state index < -0.39 is 0 Å². The quantitative estimate of drug-likeness (QED) is 0.129. The molecule has 466 valence electrons. The van der Waals surface area contributed by atoms with E-state index in [1.807, 2.05) is 57.5 Å². The lowest BCUT2D eigenvalue weighted by atomic mass is 9.89. The lowest BCUT2D eigenvalue weighted by molar-refractivity contribution is 1.18. The van der Waals surface area contributed by atoms with Crippen LogP contribution in [-0.2, 0) is 0 Å². The highest BCUT2D eigenvalue weighted by Gasteiger charge is 2.23. The topological polar surface area (TPSA) is 51.6 Å². The van der Waals surface area contributed by atoms with Crippen molar-refractivity contribution in [2.45, 2.75) is 0 Å². The van der Waals surface area contributed by atoms with Crippen LogP contribution in [0.1, 0.15) is 0 Å². The molecule has 20 rings (SSSR count). The highest BCUT2D eigenvalue weighted by molar-refractivity contribution is 7.27. The fourth-order valence-corrected chi connectivity index (χ4v) is 19.3. The minimum Gasteiger partial charge on any atom is -0.228 e. The van der Waals surface area contributed by atoms with Crippen molar-refractivity contribution in [2.75, 3.05) is 0 Å². The van der Waals surface area contributed by atoms with Gasteiger partial charge < -0.3 is 0 Å². The highest BCUT2D eigenvalue weighted by atomic mass is 32.1. The van der Waals surface area contributed by atoms with Gasteiger partial charge in [-0.25, -0.2) is 19.9 Å². The predicted molar refractivity (Wildman–Crippen MR) is 429 cm³/mol. The standard InChI is InChI=1S/C92H54N4S4/c1-4-19-56(20-5-1)79-53-82(96-91(93-79)58-21-6-2-7-22-58)63-40-44-66(74(50-63)72-30-18-29-71-67-25-10-16-33-85(67)99-89(71)72)77-51-64(52-78-70-28-13-17-34-86(70)100-90(77)78)55-35-37-57(38-36-55)80-54-81(95-92(94-80)59-23-8-3-9-24-59)62-39-43-65(60-41-45-87-75(47-60)68-26-11-14-31-83(68)97-87)73(49-62)61-42-46-88-76(48-61)69-27-12-15-32-84(69)98-88/h1-54H. The molecule has 0 radical (unpaired) electrons. The van der Waals surface area contributed by atoms with Crippen LogP contribution < -0.4 is 0 Å². The Balaban J connectivity index is 0.739. The highest BCUT2D eigenvalue weighted by Crippen LogP contribution is 2.50. The zero-order valence-corrected chi connectivity index (χ0v) is 56.9. The maximum absolute atomic E-state index is 5.44.